The highest BCUT2D eigenvalue weighted by molar-refractivity contribution is 6.36. The minimum absolute atomic E-state index is 0.0578. The lowest BCUT2D eigenvalue weighted by molar-refractivity contribution is 0.0697. The summed E-state index contributed by atoms with van der Waals surface area (Å²) in [6, 6.07) is 2.61. The number of carboxylic acids is 1. The first kappa shape index (κ1) is 13.3. The van der Waals surface area contributed by atoms with Crippen LogP contribution < -0.4 is 0 Å². The molecule has 3 nitrogen and oxygen atoms in total. The van der Waals surface area contributed by atoms with Gasteiger partial charge in [0.2, 0.25) is 0 Å². The summed E-state index contributed by atoms with van der Waals surface area (Å²) < 4.78 is 14.0. The highest BCUT2D eigenvalue weighted by Gasteiger charge is 2.27. The topological polar surface area (TPSA) is 50.2 Å². The molecule has 0 bridgehead atoms. The first-order valence-electron chi connectivity index (χ1n) is 6.54. The van der Waals surface area contributed by atoms with Gasteiger partial charge in [0.25, 0.3) is 0 Å². The number of pyridine rings is 1. The van der Waals surface area contributed by atoms with Gasteiger partial charge in [-0.1, -0.05) is 18.5 Å². The molecule has 1 aliphatic rings. The number of halogens is 2. The van der Waals surface area contributed by atoms with E-state index in [1.807, 2.05) is 6.92 Å². The predicted molar refractivity (Wildman–Crippen MR) is 75.0 cm³/mol. The largest absolute Gasteiger partial charge is 0.478 e. The van der Waals surface area contributed by atoms with Crippen LogP contribution in [0, 0.1) is 5.82 Å². The number of rotatable bonds is 1. The summed E-state index contributed by atoms with van der Waals surface area (Å²) in [6.45, 7) is 1.99. The fourth-order valence-electron chi connectivity index (χ4n) is 2.97. The van der Waals surface area contributed by atoms with Gasteiger partial charge < -0.3 is 5.11 Å². The van der Waals surface area contributed by atoms with Crippen molar-refractivity contribution >= 4 is 28.5 Å². The molecule has 1 aromatic heterocycles. The second kappa shape index (κ2) is 4.70. The Kier molecular flexibility index (Phi) is 3.13. The second-order valence-electron chi connectivity index (χ2n) is 5.20. The SMILES string of the molecule is CC1CCCc2c1nc1c(F)ccc(Cl)c1c2C(=O)O. The average Bonchev–Trinajstić information content (AvgIpc) is 2.41. The number of aromatic nitrogens is 1. The van der Waals surface area contributed by atoms with Gasteiger partial charge in [-0.15, -0.1) is 0 Å². The van der Waals surface area contributed by atoms with Gasteiger partial charge in [0, 0.05) is 11.1 Å². The van der Waals surface area contributed by atoms with E-state index >= 15 is 0 Å². The Morgan fingerprint density at radius 2 is 2.25 bits per heavy atom. The van der Waals surface area contributed by atoms with Crippen molar-refractivity contribution in [3.63, 3.8) is 0 Å². The Morgan fingerprint density at radius 1 is 1.50 bits per heavy atom. The van der Waals surface area contributed by atoms with Gasteiger partial charge >= 0.3 is 5.97 Å². The van der Waals surface area contributed by atoms with E-state index in [0.717, 1.165) is 12.8 Å². The Labute approximate surface area is 120 Å². The zero-order valence-electron chi connectivity index (χ0n) is 10.9. The lowest BCUT2D eigenvalue weighted by Gasteiger charge is -2.24. The Bertz CT molecular complexity index is 730. The van der Waals surface area contributed by atoms with Crippen LogP contribution in [0.2, 0.25) is 5.02 Å². The second-order valence-corrected chi connectivity index (χ2v) is 5.61. The maximum Gasteiger partial charge on any atom is 0.336 e. The van der Waals surface area contributed by atoms with Gasteiger partial charge in [-0.3, -0.25) is 0 Å². The monoisotopic (exact) mass is 293 g/mol. The smallest absolute Gasteiger partial charge is 0.336 e. The van der Waals surface area contributed by atoms with Gasteiger partial charge in [0.15, 0.2) is 0 Å². The predicted octanol–water partition coefficient (Wildman–Crippen LogP) is 4.17. The standard InChI is InChI=1S/C15H13ClFNO2/c1-7-3-2-4-8-11(15(19)20)12-9(16)5-6-10(17)14(12)18-13(7)8/h5-7H,2-4H2,1H3,(H,19,20). The maximum absolute atomic E-state index is 14.0. The molecule has 0 saturated carbocycles. The molecule has 3 rings (SSSR count). The van der Waals surface area contributed by atoms with Crippen molar-refractivity contribution in [2.45, 2.75) is 32.1 Å². The van der Waals surface area contributed by atoms with E-state index in [1.54, 1.807) is 0 Å². The van der Waals surface area contributed by atoms with E-state index in [4.69, 9.17) is 11.6 Å². The van der Waals surface area contributed by atoms with Gasteiger partial charge in [-0.2, -0.15) is 0 Å². The Balaban J connectivity index is 2.51. The normalized spacial score (nSPS) is 18.1. The van der Waals surface area contributed by atoms with E-state index in [9.17, 15) is 14.3 Å². The van der Waals surface area contributed by atoms with Crippen LogP contribution in [0.1, 0.15) is 47.3 Å². The molecule has 1 aliphatic carbocycles. The fourth-order valence-corrected chi connectivity index (χ4v) is 3.22. The number of hydrogen-bond acceptors (Lipinski definition) is 2. The summed E-state index contributed by atoms with van der Waals surface area (Å²) >= 11 is 6.09. The quantitative estimate of drug-likeness (QED) is 0.858. The molecule has 0 radical (unpaired) electrons. The van der Waals surface area contributed by atoms with E-state index in [-0.39, 0.29) is 27.4 Å². The number of benzene rings is 1. The van der Waals surface area contributed by atoms with Crippen molar-refractivity contribution in [1.82, 2.24) is 4.98 Å². The lowest BCUT2D eigenvalue weighted by atomic mass is 9.84. The van der Waals surface area contributed by atoms with Crippen molar-refractivity contribution in [1.29, 1.82) is 0 Å². The molecule has 0 saturated heterocycles. The third-order valence-electron chi connectivity index (χ3n) is 3.92. The summed E-state index contributed by atoms with van der Waals surface area (Å²) in [6.07, 6.45) is 2.50. The molecule has 1 atom stereocenters. The van der Waals surface area contributed by atoms with Crippen LogP contribution in [-0.4, -0.2) is 16.1 Å². The van der Waals surface area contributed by atoms with Crippen LogP contribution in [-0.2, 0) is 6.42 Å². The molecule has 0 amide bonds. The van der Waals surface area contributed by atoms with Crippen LogP contribution in [0.25, 0.3) is 10.9 Å². The average molecular weight is 294 g/mol. The third kappa shape index (κ3) is 1.86. The summed E-state index contributed by atoms with van der Waals surface area (Å²) in [5, 5.41) is 9.98. The van der Waals surface area contributed by atoms with Crippen molar-refractivity contribution in [3.05, 3.63) is 39.8 Å². The molecular weight excluding hydrogens is 281 g/mol. The molecule has 0 spiro atoms. The number of carboxylic acid groups (broad SMARTS) is 1. The molecule has 1 heterocycles. The molecular formula is C15H13ClFNO2. The first-order chi connectivity index (χ1) is 9.50. The fraction of sp³-hybridized carbons (Fsp3) is 0.333. The van der Waals surface area contributed by atoms with Crippen LogP contribution in [0.15, 0.2) is 12.1 Å². The first-order valence-corrected chi connectivity index (χ1v) is 6.92. The summed E-state index contributed by atoms with van der Waals surface area (Å²) in [4.78, 5) is 16.0. The van der Waals surface area contributed by atoms with Crippen LogP contribution in [0.3, 0.4) is 0 Å². The van der Waals surface area contributed by atoms with E-state index in [0.29, 0.717) is 17.7 Å². The van der Waals surface area contributed by atoms with Crippen molar-refractivity contribution < 1.29 is 14.3 Å². The maximum atomic E-state index is 14.0. The van der Waals surface area contributed by atoms with Gasteiger partial charge in [0.05, 0.1) is 10.6 Å². The van der Waals surface area contributed by atoms with Crippen molar-refractivity contribution in [3.8, 4) is 0 Å². The van der Waals surface area contributed by atoms with Crippen LogP contribution in [0.4, 0.5) is 4.39 Å². The highest BCUT2D eigenvalue weighted by Crippen LogP contribution is 2.38. The van der Waals surface area contributed by atoms with Crippen LogP contribution >= 0.6 is 11.6 Å². The van der Waals surface area contributed by atoms with Crippen molar-refractivity contribution in [2.75, 3.05) is 0 Å². The number of carbonyl (C=O) groups is 1. The Hall–Kier alpha value is -1.68. The molecule has 5 heteroatoms. The molecule has 1 aromatic carbocycles. The van der Waals surface area contributed by atoms with E-state index < -0.39 is 11.8 Å². The number of nitrogens with zero attached hydrogens (tertiary/aromatic N) is 1. The summed E-state index contributed by atoms with van der Waals surface area (Å²) in [7, 11) is 0. The molecule has 1 unspecified atom stereocenters. The van der Waals surface area contributed by atoms with Gasteiger partial charge in [0.1, 0.15) is 11.3 Å². The number of hydrogen-bond donors (Lipinski definition) is 1. The highest BCUT2D eigenvalue weighted by atomic mass is 35.5. The zero-order chi connectivity index (χ0) is 14.4. The third-order valence-corrected chi connectivity index (χ3v) is 4.23. The van der Waals surface area contributed by atoms with Gasteiger partial charge in [-0.05, 0) is 42.9 Å². The molecule has 20 heavy (non-hydrogen) atoms. The molecule has 0 fully saturated rings. The molecule has 104 valence electrons. The van der Waals surface area contributed by atoms with Crippen LogP contribution in [0.5, 0.6) is 0 Å². The van der Waals surface area contributed by atoms with E-state index in [1.165, 1.54) is 12.1 Å². The summed E-state index contributed by atoms with van der Waals surface area (Å²) in [5.41, 5.74) is 1.57. The minimum atomic E-state index is -1.07. The summed E-state index contributed by atoms with van der Waals surface area (Å²) in [5.74, 6) is -1.47. The van der Waals surface area contributed by atoms with Gasteiger partial charge in [-0.25, -0.2) is 14.2 Å². The molecule has 0 aliphatic heterocycles. The number of fused-ring (bicyclic) bond motifs is 2. The Morgan fingerprint density at radius 3 is 2.95 bits per heavy atom. The minimum Gasteiger partial charge on any atom is -0.478 e. The molecule has 1 N–H and O–H groups in total. The number of aromatic carboxylic acids is 1. The van der Waals surface area contributed by atoms with E-state index in [2.05, 4.69) is 4.98 Å². The lowest BCUT2D eigenvalue weighted by Crippen LogP contribution is -2.16. The molecule has 2 aromatic rings. The zero-order valence-corrected chi connectivity index (χ0v) is 11.7. The van der Waals surface area contributed by atoms with Crippen molar-refractivity contribution in [2.24, 2.45) is 0 Å².